The van der Waals surface area contributed by atoms with Gasteiger partial charge in [0.1, 0.15) is 12.2 Å². The fraction of sp³-hybridized carbons (Fsp3) is 0.526. The molecule has 9 heteroatoms. The van der Waals surface area contributed by atoms with Crippen molar-refractivity contribution in [2.24, 2.45) is 5.92 Å². The summed E-state index contributed by atoms with van der Waals surface area (Å²) in [4.78, 5) is 44.7. The lowest BCUT2D eigenvalue weighted by molar-refractivity contribution is -0.122. The number of hydrogen-bond donors (Lipinski definition) is 2. The Morgan fingerprint density at radius 1 is 1.36 bits per heavy atom. The first kappa shape index (κ1) is 20.2. The van der Waals surface area contributed by atoms with Gasteiger partial charge in [-0.2, -0.15) is 0 Å². The molecule has 0 saturated heterocycles. The van der Waals surface area contributed by atoms with E-state index >= 15 is 0 Å². The minimum atomic E-state index is -0.648. The summed E-state index contributed by atoms with van der Waals surface area (Å²) in [5.74, 6) is -0.247. The minimum Gasteiger partial charge on any atom is -0.465 e. The number of pyridine rings is 1. The van der Waals surface area contributed by atoms with E-state index in [9.17, 15) is 14.4 Å². The van der Waals surface area contributed by atoms with Crippen LogP contribution in [0.15, 0.2) is 10.9 Å². The number of amides is 1. The summed E-state index contributed by atoms with van der Waals surface area (Å²) in [5.41, 5.74) is 0.295. The van der Waals surface area contributed by atoms with Crippen LogP contribution >= 0.6 is 12.2 Å². The van der Waals surface area contributed by atoms with Crippen LogP contribution in [0, 0.1) is 17.6 Å². The Hall–Kier alpha value is -2.55. The summed E-state index contributed by atoms with van der Waals surface area (Å²) in [7, 11) is 1.24. The number of fused-ring (bicyclic) bond motifs is 1. The number of ether oxygens (including phenoxy) is 1. The average molecular weight is 404 g/mol. The maximum absolute atomic E-state index is 13.0. The van der Waals surface area contributed by atoms with E-state index < -0.39 is 11.5 Å². The topological polar surface area (TPSA) is 106 Å². The third kappa shape index (κ3) is 4.14. The van der Waals surface area contributed by atoms with E-state index in [4.69, 9.17) is 17.0 Å². The molecule has 0 aromatic carbocycles. The predicted molar refractivity (Wildman–Crippen MR) is 107 cm³/mol. The number of nitrogens with zero attached hydrogens (tertiary/aromatic N) is 2. The molecule has 1 saturated carbocycles. The van der Waals surface area contributed by atoms with Crippen LogP contribution in [0.1, 0.15) is 48.7 Å². The van der Waals surface area contributed by atoms with Gasteiger partial charge in [0.15, 0.2) is 4.77 Å². The maximum Gasteiger partial charge on any atom is 0.338 e. The van der Waals surface area contributed by atoms with E-state index in [-0.39, 0.29) is 39.9 Å². The van der Waals surface area contributed by atoms with E-state index in [1.165, 1.54) is 13.2 Å². The lowest BCUT2D eigenvalue weighted by Crippen LogP contribution is -2.41. The molecule has 2 aromatic rings. The number of H-pyrrole nitrogens is 1. The van der Waals surface area contributed by atoms with Crippen molar-refractivity contribution in [2.45, 2.75) is 52.1 Å². The summed E-state index contributed by atoms with van der Waals surface area (Å²) >= 11 is 5.26. The second-order valence-electron chi connectivity index (χ2n) is 7.37. The van der Waals surface area contributed by atoms with Crippen LogP contribution in [-0.2, 0) is 16.1 Å². The van der Waals surface area contributed by atoms with Crippen LogP contribution in [0.25, 0.3) is 11.0 Å². The van der Waals surface area contributed by atoms with Crippen molar-refractivity contribution in [1.82, 2.24) is 19.9 Å². The number of carbonyl (C=O) groups is 2. The van der Waals surface area contributed by atoms with Crippen molar-refractivity contribution in [3.05, 3.63) is 32.4 Å². The summed E-state index contributed by atoms with van der Waals surface area (Å²) in [5, 5.41) is 3.04. The van der Waals surface area contributed by atoms with Crippen LogP contribution in [0.5, 0.6) is 0 Å². The molecule has 1 amide bonds. The quantitative estimate of drug-likeness (QED) is 0.598. The molecule has 1 aliphatic carbocycles. The zero-order chi connectivity index (χ0) is 20.4. The number of hydrogen-bond acceptors (Lipinski definition) is 6. The van der Waals surface area contributed by atoms with Crippen molar-refractivity contribution in [3.63, 3.8) is 0 Å². The summed E-state index contributed by atoms with van der Waals surface area (Å²) in [6.45, 7) is 3.69. The second-order valence-corrected chi connectivity index (χ2v) is 7.76. The molecule has 0 aliphatic heterocycles. The van der Waals surface area contributed by atoms with Gasteiger partial charge in [0.25, 0.3) is 5.56 Å². The van der Waals surface area contributed by atoms with Crippen LogP contribution in [0.4, 0.5) is 0 Å². The number of aryl methyl sites for hydroxylation is 1. The molecule has 0 bridgehead atoms. The Morgan fingerprint density at radius 2 is 2.04 bits per heavy atom. The van der Waals surface area contributed by atoms with Crippen molar-refractivity contribution in [3.8, 4) is 0 Å². The van der Waals surface area contributed by atoms with E-state index in [0.717, 1.165) is 30.3 Å². The van der Waals surface area contributed by atoms with Gasteiger partial charge in [-0.3, -0.25) is 14.2 Å². The van der Waals surface area contributed by atoms with Gasteiger partial charge in [-0.15, -0.1) is 0 Å². The standard InChI is InChI=1S/C19H24N4O4S/c1-10-4-6-12(7-5-10)21-14(24)9-23-17(25)15-13(18(26)27-3)8-11(2)20-16(15)22-19(23)28/h8,10,12H,4-7,9H2,1-3H3,(H,21,24)(H,20,22,28). The summed E-state index contributed by atoms with van der Waals surface area (Å²) in [6.07, 6.45) is 4.02. The summed E-state index contributed by atoms with van der Waals surface area (Å²) in [6, 6.07) is 1.60. The molecule has 28 heavy (non-hydrogen) atoms. The molecule has 0 unspecified atom stereocenters. The van der Waals surface area contributed by atoms with Gasteiger partial charge in [-0.05, 0) is 56.8 Å². The lowest BCUT2D eigenvalue weighted by Gasteiger charge is -2.27. The van der Waals surface area contributed by atoms with E-state index in [1.54, 1.807) is 6.92 Å². The largest absolute Gasteiger partial charge is 0.465 e. The van der Waals surface area contributed by atoms with Gasteiger partial charge in [0.2, 0.25) is 5.91 Å². The Kier molecular flexibility index (Phi) is 5.93. The molecule has 3 rings (SSSR count). The minimum absolute atomic E-state index is 0.0605. The van der Waals surface area contributed by atoms with Gasteiger partial charge in [0.05, 0.1) is 18.1 Å². The Bertz CT molecular complexity index is 1030. The van der Waals surface area contributed by atoms with Gasteiger partial charge in [-0.1, -0.05) is 6.92 Å². The third-order valence-corrected chi connectivity index (χ3v) is 5.49. The van der Waals surface area contributed by atoms with Crippen molar-refractivity contribution in [1.29, 1.82) is 0 Å². The van der Waals surface area contributed by atoms with Crippen molar-refractivity contribution >= 4 is 35.1 Å². The highest BCUT2D eigenvalue weighted by Crippen LogP contribution is 2.23. The Morgan fingerprint density at radius 3 is 2.68 bits per heavy atom. The van der Waals surface area contributed by atoms with Crippen molar-refractivity contribution < 1.29 is 14.3 Å². The maximum atomic E-state index is 13.0. The number of carbonyl (C=O) groups excluding carboxylic acids is 2. The molecule has 0 atom stereocenters. The number of nitrogens with one attached hydrogen (secondary N) is 2. The molecule has 1 aliphatic rings. The van der Waals surface area contributed by atoms with E-state index in [0.29, 0.717) is 11.6 Å². The highest BCUT2D eigenvalue weighted by molar-refractivity contribution is 7.71. The smallest absolute Gasteiger partial charge is 0.338 e. The highest BCUT2D eigenvalue weighted by atomic mass is 32.1. The first-order valence-corrected chi connectivity index (χ1v) is 9.73. The summed E-state index contributed by atoms with van der Waals surface area (Å²) < 4.78 is 6.02. The molecular formula is C19H24N4O4S. The number of rotatable bonds is 4. The zero-order valence-corrected chi connectivity index (χ0v) is 17.0. The average Bonchev–Trinajstić information content (AvgIpc) is 2.65. The molecule has 1 fully saturated rings. The fourth-order valence-electron chi connectivity index (χ4n) is 3.61. The normalized spacial score (nSPS) is 19.4. The monoisotopic (exact) mass is 404 g/mol. The molecule has 0 radical (unpaired) electrons. The first-order valence-electron chi connectivity index (χ1n) is 9.32. The van der Waals surface area contributed by atoms with Crippen LogP contribution in [0.2, 0.25) is 0 Å². The van der Waals surface area contributed by atoms with E-state index in [2.05, 4.69) is 22.2 Å². The molecule has 2 aromatic heterocycles. The van der Waals surface area contributed by atoms with Crippen LogP contribution in [0.3, 0.4) is 0 Å². The van der Waals surface area contributed by atoms with Crippen molar-refractivity contribution in [2.75, 3.05) is 7.11 Å². The molecule has 8 nitrogen and oxygen atoms in total. The fourth-order valence-corrected chi connectivity index (χ4v) is 3.86. The van der Waals surface area contributed by atoms with E-state index in [1.807, 2.05) is 0 Å². The third-order valence-electron chi connectivity index (χ3n) is 5.17. The number of esters is 1. The van der Waals surface area contributed by atoms with Gasteiger partial charge < -0.3 is 15.0 Å². The van der Waals surface area contributed by atoms with Gasteiger partial charge in [-0.25, -0.2) is 9.78 Å². The number of methoxy groups -OCH3 is 1. The molecular weight excluding hydrogens is 380 g/mol. The van der Waals surface area contributed by atoms with Crippen LogP contribution in [-0.4, -0.2) is 39.6 Å². The number of aromatic nitrogens is 3. The Balaban J connectivity index is 1.94. The highest BCUT2D eigenvalue weighted by Gasteiger charge is 2.22. The first-order chi connectivity index (χ1) is 13.3. The second kappa shape index (κ2) is 8.22. The van der Waals surface area contributed by atoms with Gasteiger partial charge >= 0.3 is 5.97 Å². The molecule has 150 valence electrons. The molecule has 0 spiro atoms. The number of aromatic amines is 1. The SMILES string of the molecule is COC(=O)c1cc(C)nc2[nH]c(=S)n(CC(=O)NC3CCC(C)CC3)c(=O)c12. The van der Waals surface area contributed by atoms with Crippen LogP contribution < -0.4 is 10.9 Å². The molecule has 2 heterocycles. The lowest BCUT2D eigenvalue weighted by atomic mass is 9.87. The predicted octanol–water partition coefficient (Wildman–Crippen LogP) is 2.24. The Labute approximate surface area is 167 Å². The molecule has 2 N–H and O–H groups in total. The zero-order valence-electron chi connectivity index (χ0n) is 16.2. The van der Waals surface area contributed by atoms with Gasteiger partial charge in [0, 0.05) is 11.7 Å².